The van der Waals surface area contributed by atoms with Crippen molar-refractivity contribution in [3.05, 3.63) is 88.6 Å². The van der Waals surface area contributed by atoms with Crippen molar-refractivity contribution in [3.8, 4) is 23.0 Å². The second kappa shape index (κ2) is 10.2. The van der Waals surface area contributed by atoms with Gasteiger partial charge in [0.05, 0.1) is 17.9 Å². The number of carbonyl (C=O) groups excluding carboxylic acids is 3. The Balaban J connectivity index is 1.84. The Morgan fingerprint density at radius 3 is 2.39 bits per heavy atom. The molecule has 0 aliphatic carbocycles. The molecule has 8 nitrogen and oxygen atoms in total. The molecular formula is C28H24N4O4. The Morgan fingerprint density at radius 1 is 1.06 bits per heavy atom. The van der Waals surface area contributed by atoms with Gasteiger partial charge in [-0.3, -0.25) is 19.3 Å². The fourth-order valence-corrected chi connectivity index (χ4v) is 3.91. The van der Waals surface area contributed by atoms with Crippen molar-refractivity contribution in [2.24, 2.45) is 0 Å². The second-order valence-electron chi connectivity index (χ2n) is 8.35. The number of hydrogen-bond donors (Lipinski definition) is 0. The quantitative estimate of drug-likeness (QED) is 0.300. The fourth-order valence-electron chi connectivity index (χ4n) is 3.91. The number of carbonyl (C=O) groups is 3. The van der Waals surface area contributed by atoms with Crippen molar-refractivity contribution in [2.45, 2.75) is 20.8 Å². The van der Waals surface area contributed by atoms with Crippen LogP contribution >= 0.6 is 0 Å². The summed E-state index contributed by atoms with van der Waals surface area (Å²) in [6.07, 6.45) is 3.46. The summed E-state index contributed by atoms with van der Waals surface area (Å²) in [7, 11) is 0. The summed E-state index contributed by atoms with van der Waals surface area (Å²) in [5.74, 6) is -1.79. The predicted octanol–water partition coefficient (Wildman–Crippen LogP) is 4.00. The van der Waals surface area contributed by atoms with Gasteiger partial charge < -0.3 is 4.74 Å². The molecule has 0 saturated carbocycles. The highest BCUT2D eigenvalue weighted by atomic mass is 16.5. The molecule has 1 aliphatic heterocycles. The maximum Gasteiger partial charge on any atom is 0.302 e. The lowest BCUT2D eigenvalue weighted by Crippen LogP contribution is -2.44. The van der Waals surface area contributed by atoms with Crippen LogP contribution in [0, 0.1) is 18.3 Å². The maximum absolute atomic E-state index is 13.4. The lowest BCUT2D eigenvalue weighted by Gasteiger charge is -2.27. The van der Waals surface area contributed by atoms with Gasteiger partial charge in [0.25, 0.3) is 11.8 Å². The molecule has 4 rings (SSSR count). The first-order chi connectivity index (χ1) is 17.3. The number of aromatic nitrogens is 2. The molecule has 2 heterocycles. The minimum absolute atomic E-state index is 0.129. The molecule has 0 unspecified atom stereocenters. The van der Waals surface area contributed by atoms with Gasteiger partial charge in [-0.1, -0.05) is 48.0 Å². The van der Waals surface area contributed by atoms with Gasteiger partial charge in [0, 0.05) is 29.8 Å². The first-order valence-corrected chi connectivity index (χ1v) is 11.3. The maximum atomic E-state index is 13.4. The highest BCUT2D eigenvalue weighted by molar-refractivity contribution is 6.19. The van der Waals surface area contributed by atoms with Gasteiger partial charge in [0.2, 0.25) is 0 Å². The summed E-state index contributed by atoms with van der Waals surface area (Å²) in [4.78, 5) is 38.3. The van der Waals surface area contributed by atoms with Crippen LogP contribution in [0.5, 0.6) is 0 Å². The third-order valence-corrected chi connectivity index (χ3v) is 5.83. The first-order valence-electron chi connectivity index (χ1n) is 11.3. The van der Waals surface area contributed by atoms with E-state index >= 15 is 0 Å². The van der Waals surface area contributed by atoms with E-state index in [1.807, 2.05) is 73.8 Å². The minimum atomic E-state index is -0.706. The molecular weight excluding hydrogens is 456 g/mol. The Bertz CT molecular complexity index is 1440. The second-order valence-corrected chi connectivity index (χ2v) is 8.35. The molecule has 1 aromatic heterocycles. The Kier molecular flexibility index (Phi) is 6.93. The number of hydrogen-bond acceptors (Lipinski definition) is 6. The van der Waals surface area contributed by atoms with Gasteiger partial charge >= 0.3 is 5.97 Å². The monoisotopic (exact) mass is 480 g/mol. The molecule has 1 aliphatic rings. The molecule has 8 heteroatoms. The normalized spacial score (nSPS) is 14.8. The van der Waals surface area contributed by atoms with Gasteiger partial charge in [0.1, 0.15) is 18.2 Å². The third kappa shape index (κ3) is 4.86. The van der Waals surface area contributed by atoms with Crippen molar-refractivity contribution >= 4 is 23.9 Å². The third-order valence-electron chi connectivity index (χ3n) is 5.83. The van der Waals surface area contributed by atoms with Crippen LogP contribution in [0.1, 0.15) is 25.0 Å². The zero-order valence-corrected chi connectivity index (χ0v) is 20.2. The van der Waals surface area contributed by atoms with E-state index in [-0.39, 0.29) is 24.3 Å². The Labute approximate surface area is 208 Å². The molecule has 180 valence electrons. The van der Waals surface area contributed by atoms with Crippen LogP contribution in [0.2, 0.25) is 0 Å². The van der Waals surface area contributed by atoms with Gasteiger partial charge in [-0.2, -0.15) is 10.4 Å². The SMILES string of the molecule is CC(=O)OCCN1C(=O)C(C#N)=C(C)/C(=C\c2cn(-c3ccccc3)nc2-c2ccc(C)cc2)C1=O. The Hall–Kier alpha value is -4.77. The van der Waals surface area contributed by atoms with Gasteiger partial charge in [-0.15, -0.1) is 0 Å². The molecule has 2 aromatic carbocycles. The number of esters is 1. The summed E-state index contributed by atoms with van der Waals surface area (Å²) in [6, 6.07) is 19.4. The number of imide groups is 1. The van der Waals surface area contributed by atoms with Crippen molar-refractivity contribution in [2.75, 3.05) is 13.2 Å². The predicted molar refractivity (Wildman–Crippen MR) is 133 cm³/mol. The van der Waals surface area contributed by atoms with Gasteiger partial charge in [-0.25, -0.2) is 4.68 Å². The smallest absolute Gasteiger partial charge is 0.302 e. The highest BCUT2D eigenvalue weighted by Gasteiger charge is 2.35. The van der Waals surface area contributed by atoms with E-state index in [1.165, 1.54) is 6.92 Å². The van der Waals surface area contributed by atoms with E-state index in [2.05, 4.69) is 0 Å². The van der Waals surface area contributed by atoms with E-state index in [9.17, 15) is 19.6 Å². The van der Waals surface area contributed by atoms with E-state index in [1.54, 1.807) is 17.7 Å². The number of nitrogens with zero attached hydrogens (tertiary/aromatic N) is 4. The molecule has 0 N–H and O–H groups in total. The molecule has 0 saturated heterocycles. The molecule has 0 spiro atoms. The Morgan fingerprint density at radius 2 is 1.75 bits per heavy atom. The molecule has 0 bridgehead atoms. The first kappa shape index (κ1) is 24.4. The van der Waals surface area contributed by atoms with Crippen LogP contribution in [0.3, 0.4) is 0 Å². The minimum Gasteiger partial charge on any atom is -0.464 e. The number of amides is 2. The number of nitriles is 1. The van der Waals surface area contributed by atoms with Crippen LogP contribution in [0.15, 0.2) is 77.5 Å². The number of benzene rings is 2. The van der Waals surface area contributed by atoms with Crippen molar-refractivity contribution in [3.63, 3.8) is 0 Å². The summed E-state index contributed by atoms with van der Waals surface area (Å²) in [6.45, 7) is 4.51. The molecule has 0 radical (unpaired) electrons. The topological polar surface area (TPSA) is 105 Å². The zero-order chi connectivity index (χ0) is 25.8. The molecule has 2 amide bonds. The number of rotatable bonds is 6. The van der Waals surface area contributed by atoms with E-state index in [4.69, 9.17) is 9.84 Å². The number of ether oxygens (including phenoxy) is 1. The van der Waals surface area contributed by atoms with Crippen molar-refractivity contribution in [1.82, 2.24) is 14.7 Å². The molecule has 0 atom stereocenters. The number of para-hydroxylation sites is 1. The molecule has 3 aromatic rings. The van der Waals surface area contributed by atoms with Gasteiger partial charge in [-0.05, 0) is 37.6 Å². The average molecular weight is 481 g/mol. The van der Waals surface area contributed by atoms with Crippen molar-refractivity contribution < 1.29 is 19.1 Å². The standard InChI is InChI=1S/C28H24N4O4/c1-18-9-11-21(12-10-18)26-22(17-32(30-26)23-7-5-4-6-8-23)15-24-19(2)25(16-29)28(35)31(27(24)34)13-14-36-20(3)33/h4-12,15,17H,13-14H2,1-3H3/b24-15+. The average Bonchev–Trinajstić information content (AvgIpc) is 3.29. The van der Waals surface area contributed by atoms with Crippen molar-refractivity contribution in [1.29, 1.82) is 5.26 Å². The van der Waals surface area contributed by atoms with Crippen LogP contribution in [0.4, 0.5) is 0 Å². The van der Waals surface area contributed by atoms with Crippen LogP contribution in [-0.4, -0.2) is 45.6 Å². The lowest BCUT2D eigenvalue weighted by molar-refractivity contribution is -0.147. The summed E-state index contributed by atoms with van der Waals surface area (Å²) >= 11 is 0. The highest BCUT2D eigenvalue weighted by Crippen LogP contribution is 2.31. The van der Waals surface area contributed by atoms with E-state index in [0.29, 0.717) is 16.8 Å². The molecule has 36 heavy (non-hydrogen) atoms. The largest absolute Gasteiger partial charge is 0.464 e. The van der Waals surface area contributed by atoms with Crippen LogP contribution < -0.4 is 0 Å². The van der Waals surface area contributed by atoms with Crippen LogP contribution in [-0.2, 0) is 19.1 Å². The van der Waals surface area contributed by atoms with Crippen LogP contribution in [0.25, 0.3) is 23.0 Å². The van der Waals surface area contributed by atoms with E-state index in [0.717, 1.165) is 21.7 Å². The number of aryl methyl sites for hydroxylation is 1. The summed E-state index contributed by atoms with van der Waals surface area (Å²) in [5.41, 5.74) is 4.46. The fraction of sp³-hybridized carbons (Fsp3) is 0.179. The summed E-state index contributed by atoms with van der Waals surface area (Å²) in [5, 5.41) is 14.4. The van der Waals surface area contributed by atoms with Gasteiger partial charge in [0.15, 0.2) is 0 Å². The molecule has 0 fully saturated rings. The summed E-state index contributed by atoms with van der Waals surface area (Å²) < 4.78 is 6.64. The lowest BCUT2D eigenvalue weighted by atomic mass is 9.93. The van der Waals surface area contributed by atoms with E-state index < -0.39 is 17.8 Å². The zero-order valence-electron chi connectivity index (χ0n) is 20.2.